The minimum atomic E-state index is -1.09. The third-order valence-corrected chi connectivity index (χ3v) is 5.06. The lowest BCUT2D eigenvalue weighted by atomic mass is 10.1. The normalized spacial score (nSPS) is 12.6. The topological polar surface area (TPSA) is 104 Å². The van der Waals surface area contributed by atoms with Crippen molar-refractivity contribution < 1.29 is 19.7 Å². The van der Waals surface area contributed by atoms with E-state index in [4.69, 9.17) is 9.84 Å². The lowest BCUT2D eigenvalue weighted by Gasteiger charge is -2.14. The Hall–Kier alpha value is -3.52. The van der Waals surface area contributed by atoms with Gasteiger partial charge in [0, 0.05) is 16.8 Å². The number of para-hydroxylation sites is 1. The molecule has 0 amide bonds. The molecule has 0 spiro atoms. The number of azo groups is 1. The van der Waals surface area contributed by atoms with Crippen LogP contribution in [0.5, 0.6) is 11.5 Å². The molecular formula is C20H15N3O4S. The molecule has 0 aliphatic heterocycles. The molecule has 0 saturated heterocycles. The molecule has 7 nitrogen and oxygen atoms in total. The maximum Gasteiger partial charge on any atom is 0.344 e. The molecule has 1 unspecified atom stereocenters. The van der Waals surface area contributed by atoms with E-state index in [1.165, 1.54) is 24.3 Å². The van der Waals surface area contributed by atoms with Crippen molar-refractivity contribution in [3.8, 4) is 11.5 Å². The van der Waals surface area contributed by atoms with Gasteiger partial charge in [0.25, 0.3) is 0 Å². The number of phenolic OH excluding ortho intramolecular Hbond substituents is 1. The van der Waals surface area contributed by atoms with Gasteiger partial charge in [0.15, 0.2) is 11.9 Å². The van der Waals surface area contributed by atoms with Crippen LogP contribution < -0.4 is 4.74 Å². The van der Waals surface area contributed by atoms with Crippen LogP contribution in [0, 0.1) is 0 Å². The summed E-state index contributed by atoms with van der Waals surface area (Å²) >= 11 is 1.38. The number of benzene rings is 3. The molecule has 0 aliphatic rings. The van der Waals surface area contributed by atoms with Crippen LogP contribution in [-0.2, 0) is 4.79 Å². The van der Waals surface area contributed by atoms with Crippen molar-refractivity contribution >= 4 is 49.1 Å². The highest BCUT2D eigenvalue weighted by molar-refractivity contribution is 7.21. The highest BCUT2D eigenvalue weighted by Crippen LogP contribution is 2.42. The molecule has 140 valence electrons. The van der Waals surface area contributed by atoms with E-state index in [-0.39, 0.29) is 11.4 Å². The predicted octanol–water partition coefficient (Wildman–Crippen LogP) is 5.42. The Labute approximate surface area is 163 Å². The van der Waals surface area contributed by atoms with Crippen molar-refractivity contribution in [2.75, 3.05) is 0 Å². The second-order valence-electron chi connectivity index (χ2n) is 6.05. The number of aromatic hydroxyl groups is 1. The van der Waals surface area contributed by atoms with E-state index >= 15 is 0 Å². The first-order valence-electron chi connectivity index (χ1n) is 8.44. The van der Waals surface area contributed by atoms with Crippen LogP contribution in [0.3, 0.4) is 0 Å². The number of carboxylic acids is 1. The van der Waals surface area contributed by atoms with Crippen LogP contribution in [0.25, 0.3) is 21.0 Å². The van der Waals surface area contributed by atoms with Crippen molar-refractivity contribution in [2.45, 2.75) is 13.0 Å². The number of aromatic nitrogens is 1. The zero-order valence-corrected chi connectivity index (χ0v) is 15.6. The number of phenols is 1. The summed E-state index contributed by atoms with van der Waals surface area (Å²) < 4.78 is 6.54. The van der Waals surface area contributed by atoms with Gasteiger partial charge in [-0.3, -0.25) is 0 Å². The van der Waals surface area contributed by atoms with Crippen molar-refractivity contribution in [2.24, 2.45) is 10.2 Å². The highest BCUT2D eigenvalue weighted by atomic mass is 32.1. The van der Waals surface area contributed by atoms with Gasteiger partial charge >= 0.3 is 5.97 Å². The first-order chi connectivity index (χ1) is 13.5. The number of nitrogens with zero attached hydrogens (tertiary/aromatic N) is 3. The van der Waals surface area contributed by atoms with E-state index in [9.17, 15) is 9.90 Å². The van der Waals surface area contributed by atoms with E-state index in [2.05, 4.69) is 15.2 Å². The first-order valence-corrected chi connectivity index (χ1v) is 9.26. The van der Waals surface area contributed by atoms with Crippen LogP contribution in [0.4, 0.5) is 10.8 Å². The third-order valence-electron chi connectivity index (χ3n) is 4.14. The summed E-state index contributed by atoms with van der Waals surface area (Å²) in [6.07, 6.45) is -1.05. The lowest BCUT2D eigenvalue weighted by molar-refractivity contribution is -0.144. The van der Waals surface area contributed by atoms with Crippen LogP contribution in [0.2, 0.25) is 0 Å². The van der Waals surface area contributed by atoms with Gasteiger partial charge in [0.2, 0.25) is 5.13 Å². The zero-order chi connectivity index (χ0) is 19.7. The molecule has 0 radical (unpaired) electrons. The second kappa shape index (κ2) is 7.24. The van der Waals surface area contributed by atoms with Crippen molar-refractivity contribution in [1.29, 1.82) is 0 Å². The molecule has 4 aromatic rings. The number of hydrogen-bond acceptors (Lipinski definition) is 7. The Bertz CT molecular complexity index is 1190. The van der Waals surface area contributed by atoms with E-state index < -0.39 is 12.1 Å². The number of hydrogen-bond donors (Lipinski definition) is 2. The molecule has 8 heteroatoms. The summed E-state index contributed by atoms with van der Waals surface area (Å²) in [5.41, 5.74) is 0.994. The molecule has 0 aliphatic carbocycles. The molecule has 28 heavy (non-hydrogen) atoms. The summed E-state index contributed by atoms with van der Waals surface area (Å²) in [6, 6.07) is 16.1. The monoisotopic (exact) mass is 393 g/mol. The fraction of sp³-hybridized carbons (Fsp3) is 0.100. The fourth-order valence-corrected chi connectivity index (χ4v) is 3.51. The van der Waals surface area contributed by atoms with E-state index in [0.29, 0.717) is 21.7 Å². The average Bonchev–Trinajstić information content (AvgIpc) is 3.12. The van der Waals surface area contributed by atoms with Gasteiger partial charge in [-0.25, -0.2) is 9.78 Å². The fourth-order valence-electron chi connectivity index (χ4n) is 2.73. The number of aliphatic carboxylic acids is 1. The van der Waals surface area contributed by atoms with Gasteiger partial charge in [-0.15, -0.1) is 10.2 Å². The summed E-state index contributed by atoms with van der Waals surface area (Å²) in [6.45, 7) is 1.44. The van der Waals surface area contributed by atoms with Gasteiger partial charge in [0.05, 0.1) is 10.2 Å². The van der Waals surface area contributed by atoms with E-state index in [0.717, 1.165) is 10.2 Å². The molecule has 0 saturated carbocycles. The molecule has 1 aromatic heterocycles. The summed E-state index contributed by atoms with van der Waals surface area (Å²) in [7, 11) is 0. The number of thiazole rings is 1. The summed E-state index contributed by atoms with van der Waals surface area (Å²) in [5.74, 6) is -0.841. The predicted molar refractivity (Wildman–Crippen MR) is 107 cm³/mol. The standard InChI is InChI=1S/C20H15N3O4S/c1-11(19(25)26)27-16-10-15(18(24)13-7-3-2-6-12(13)16)22-23-20-21-14-8-4-5-9-17(14)28-20/h2-11,24H,1H3,(H,25,26). The van der Waals surface area contributed by atoms with Crippen molar-refractivity contribution in [1.82, 2.24) is 4.98 Å². The second-order valence-corrected chi connectivity index (χ2v) is 7.06. The number of carbonyl (C=O) groups is 1. The molecule has 0 fully saturated rings. The van der Waals surface area contributed by atoms with Crippen molar-refractivity contribution in [3.63, 3.8) is 0 Å². The van der Waals surface area contributed by atoms with Crippen LogP contribution in [0.1, 0.15) is 6.92 Å². The molecule has 1 atom stereocenters. The minimum Gasteiger partial charge on any atom is -0.505 e. The zero-order valence-electron chi connectivity index (χ0n) is 14.7. The molecule has 3 aromatic carbocycles. The smallest absolute Gasteiger partial charge is 0.344 e. The number of ether oxygens (including phenoxy) is 1. The summed E-state index contributed by atoms with van der Waals surface area (Å²) in [5, 5.41) is 29.5. The minimum absolute atomic E-state index is 0.0595. The number of fused-ring (bicyclic) bond motifs is 2. The highest BCUT2D eigenvalue weighted by Gasteiger charge is 2.18. The Morgan fingerprint density at radius 2 is 1.82 bits per heavy atom. The maximum absolute atomic E-state index is 11.2. The number of carboxylic acid groups (broad SMARTS) is 1. The molecule has 1 heterocycles. The first kappa shape index (κ1) is 17.9. The molecular weight excluding hydrogens is 378 g/mol. The third kappa shape index (κ3) is 3.37. The SMILES string of the molecule is CC(Oc1cc(N=Nc2nc3ccccc3s2)c(O)c2ccccc12)C(=O)O. The van der Waals surface area contributed by atoms with Gasteiger partial charge < -0.3 is 14.9 Å². The summed E-state index contributed by atoms with van der Waals surface area (Å²) in [4.78, 5) is 15.5. The Morgan fingerprint density at radius 1 is 1.11 bits per heavy atom. The number of rotatable bonds is 5. The lowest BCUT2D eigenvalue weighted by Crippen LogP contribution is -2.22. The van der Waals surface area contributed by atoms with E-state index in [1.807, 2.05) is 24.3 Å². The van der Waals surface area contributed by atoms with Gasteiger partial charge in [-0.1, -0.05) is 47.7 Å². The average molecular weight is 393 g/mol. The maximum atomic E-state index is 11.2. The molecule has 4 rings (SSSR count). The van der Waals surface area contributed by atoms with E-state index in [1.54, 1.807) is 24.3 Å². The Kier molecular flexibility index (Phi) is 4.62. The largest absolute Gasteiger partial charge is 0.505 e. The van der Waals surface area contributed by atoms with Crippen LogP contribution >= 0.6 is 11.3 Å². The quantitative estimate of drug-likeness (QED) is 0.440. The Balaban J connectivity index is 1.77. The van der Waals surface area contributed by atoms with Gasteiger partial charge in [-0.05, 0) is 19.1 Å². The molecule has 2 N–H and O–H groups in total. The molecule has 0 bridgehead atoms. The van der Waals surface area contributed by atoms with Gasteiger partial charge in [0.1, 0.15) is 11.4 Å². The Morgan fingerprint density at radius 3 is 2.57 bits per heavy atom. The van der Waals surface area contributed by atoms with Crippen molar-refractivity contribution in [3.05, 3.63) is 54.6 Å². The van der Waals surface area contributed by atoms with Crippen LogP contribution in [0.15, 0.2) is 64.8 Å². The van der Waals surface area contributed by atoms with Crippen LogP contribution in [-0.4, -0.2) is 27.3 Å². The van der Waals surface area contributed by atoms with Gasteiger partial charge in [-0.2, -0.15) is 0 Å².